The van der Waals surface area contributed by atoms with Crippen LogP contribution in [0.3, 0.4) is 0 Å². The molecular weight excluding hydrogens is 133 g/mol. The van der Waals surface area contributed by atoms with E-state index in [4.69, 9.17) is 0 Å². The maximum Gasteiger partial charge on any atom is 0.235 e. The summed E-state index contributed by atoms with van der Waals surface area (Å²) in [5, 5.41) is 0. The van der Waals surface area contributed by atoms with Crippen LogP contribution in [0.1, 0.15) is 26.2 Å². The SMILES string of the molecule is CCCCC(CF)N=C=O. The molecule has 10 heavy (non-hydrogen) atoms. The van der Waals surface area contributed by atoms with E-state index in [1.54, 1.807) is 0 Å². The van der Waals surface area contributed by atoms with Gasteiger partial charge in [-0.25, -0.2) is 9.18 Å². The first kappa shape index (κ1) is 9.31. The molecule has 0 aliphatic carbocycles. The second-order valence-corrected chi connectivity index (χ2v) is 2.17. The van der Waals surface area contributed by atoms with Crippen LogP contribution in [0, 0.1) is 0 Å². The first-order valence-corrected chi connectivity index (χ1v) is 3.48. The van der Waals surface area contributed by atoms with E-state index in [0.717, 1.165) is 12.8 Å². The topological polar surface area (TPSA) is 29.4 Å². The number of isocyanates is 1. The van der Waals surface area contributed by atoms with Crippen molar-refractivity contribution >= 4 is 6.08 Å². The standard InChI is InChI=1S/C7H12FNO/c1-2-3-4-7(5-8)9-6-10/h7H,2-5H2,1H3. The van der Waals surface area contributed by atoms with Gasteiger partial charge in [0.05, 0.1) is 6.04 Å². The molecule has 0 aromatic heterocycles. The van der Waals surface area contributed by atoms with Gasteiger partial charge in [-0.2, -0.15) is 4.99 Å². The van der Waals surface area contributed by atoms with E-state index in [1.807, 2.05) is 6.92 Å². The van der Waals surface area contributed by atoms with Crippen LogP contribution in [0.15, 0.2) is 4.99 Å². The first-order chi connectivity index (χ1) is 4.85. The van der Waals surface area contributed by atoms with Crippen molar-refractivity contribution in [2.24, 2.45) is 4.99 Å². The molecule has 0 aromatic rings. The minimum atomic E-state index is -0.546. The number of hydrogen-bond acceptors (Lipinski definition) is 2. The fourth-order valence-electron chi connectivity index (χ4n) is 0.690. The van der Waals surface area contributed by atoms with Gasteiger partial charge in [-0.05, 0) is 6.42 Å². The highest BCUT2D eigenvalue weighted by atomic mass is 19.1. The van der Waals surface area contributed by atoms with Crippen molar-refractivity contribution in [1.82, 2.24) is 0 Å². The van der Waals surface area contributed by atoms with Gasteiger partial charge in [0.25, 0.3) is 0 Å². The maximum absolute atomic E-state index is 11.9. The van der Waals surface area contributed by atoms with E-state index in [9.17, 15) is 9.18 Å². The Bertz CT molecular complexity index is 121. The molecule has 0 saturated heterocycles. The molecule has 2 nitrogen and oxygen atoms in total. The summed E-state index contributed by atoms with van der Waals surface area (Å²) in [6.07, 6.45) is 3.94. The predicted octanol–water partition coefficient (Wildman–Crippen LogP) is 1.85. The Hall–Kier alpha value is -0.690. The molecule has 0 fully saturated rings. The van der Waals surface area contributed by atoms with Crippen LogP contribution < -0.4 is 0 Å². The summed E-state index contributed by atoms with van der Waals surface area (Å²) in [5.41, 5.74) is 0. The zero-order valence-corrected chi connectivity index (χ0v) is 6.14. The van der Waals surface area contributed by atoms with Gasteiger partial charge >= 0.3 is 0 Å². The highest BCUT2D eigenvalue weighted by Gasteiger charge is 2.03. The number of rotatable bonds is 5. The molecule has 3 heteroatoms. The second kappa shape index (κ2) is 6.43. The molecule has 0 amide bonds. The van der Waals surface area contributed by atoms with Crippen LogP contribution in [0.4, 0.5) is 4.39 Å². The van der Waals surface area contributed by atoms with Crippen molar-refractivity contribution in [3.8, 4) is 0 Å². The monoisotopic (exact) mass is 145 g/mol. The van der Waals surface area contributed by atoms with E-state index >= 15 is 0 Å². The number of aliphatic imine (C=N–C) groups is 1. The zero-order chi connectivity index (χ0) is 7.82. The molecule has 0 aromatic carbocycles. The van der Waals surface area contributed by atoms with Crippen molar-refractivity contribution in [3.63, 3.8) is 0 Å². The van der Waals surface area contributed by atoms with Crippen LogP contribution >= 0.6 is 0 Å². The van der Waals surface area contributed by atoms with Crippen molar-refractivity contribution in [2.75, 3.05) is 6.67 Å². The van der Waals surface area contributed by atoms with E-state index < -0.39 is 12.7 Å². The quantitative estimate of drug-likeness (QED) is 0.429. The average molecular weight is 145 g/mol. The lowest BCUT2D eigenvalue weighted by atomic mass is 10.1. The van der Waals surface area contributed by atoms with Gasteiger partial charge in [-0.15, -0.1) is 0 Å². The molecule has 0 saturated carbocycles. The molecule has 1 unspecified atom stereocenters. The molecule has 0 bridgehead atoms. The van der Waals surface area contributed by atoms with Crippen molar-refractivity contribution in [2.45, 2.75) is 32.2 Å². The molecule has 0 radical (unpaired) electrons. The summed E-state index contributed by atoms with van der Waals surface area (Å²) >= 11 is 0. The molecule has 0 aliphatic heterocycles. The number of hydrogen-bond donors (Lipinski definition) is 0. The van der Waals surface area contributed by atoms with Crippen LogP contribution in [-0.4, -0.2) is 18.8 Å². The second-order valence-electron chi connectivity index (χ2n) is 2.17. The number of alkyl halides is 1. The Morgan fingerprint density at radius 2 is 2.40 bits per heavy atom. The van der Waals surface area contributed by atoms with E-state index in [1.165, 1.54) is 6.08 Å². The Balaban J connectivity index is 3.49. The molecule has 0 rings (SSSR count). The third-order valence-corrected chi connectivity index (χ3v) is 1.30. The minimum Gasteiger partial charge on any atom is -0.249 e. The molecule has 58 valence electrons. The minimum absolute atomic E-state index is 0.447. The summed E-state index contributed by atoms with van der Waals surface area (Å²) < 4.78 is 11.9. The van der Waals surface area contributed by atoms with Crippen LogP contribution in [-0.2, 0) is 4.79 Å². The van der Waals surface area contributed by atoms with Crippen LogP contribution in [0.2, 0.25) is 0 Å². The third-order valence-electron chi connectivity index (χ3n) is 1.30. The average Bonchev–Trinajstić information content (AvgIpc) is 1.98. The van der Waals surface area contributed by atoms with Gasteiger partial charge in [-0.1, -0.05) is 19.8 Å². The van der Waals surface area contributed by atoms with Gasteiger partial charge in [0, 0.05) is 0 Å². The maximum atomic E-state index is 11.9. The van der Waals surface area contributed by atoms with Crippen molar-refractivity contribution in [3.05, 3.63) is 0 Å². The summed E-state index contributed by atoms with van der Waals surface area (Å²) in [4.78, 5) is 13.0. The summed E-state index contributed by atoms with van der Waals surface area (Å²) in [7, 11) is 0. The number of carbonyl (C=O) groups excluding carboxylic acids is 1. The summed E-state index contributed by atoms with van der Waals surface area (Å²) in [5.74, 6) is 0. The predicted molar refractivity (Wildman–Crippen MR) is 37.4 cm³/mol. The highest BCUT2D eigenvalue weighted by molar-refractivity contribution is 5.33. The third kappa shape index (κ3) is 4.21. The molecule has 0 spiro atoms. The molecule has 0 aliphatic rings. The van der Waals surface area contributed by atoms with Gasteiger partial charge in [0.1, 0.15) is 6.67 Å². The number of nitrogens with zero attached hydrogens (tertiary/aromatic N) is 1. The first-order valence-electron chi connectivity index (χ1n) is 3.48. The molecule has 1 atom stereocenters. The van der Waals surface area contributed by atoms with Crippen molar-refractivity contribution in [1.29, 1.82) is 0 Å². The summed E-state index contributed by atoms with van der Waals surface area (Å²) in [6.45, 7) is 1.47. The summed E-state index contributed by atoms with van der Waals surface area (Å²) in [6, 6.07) is -0.447. The van der Waals surface area contributed by atoms with E-state index in [0.29, 0.717) is 6.42 Å². The number of halogens is 1. The smallest absolute Gasteiger partial charge is 0.235 e. The lowest BCUT2D eigenvalue weighted by molar-refractivity contribution is 0.406. The van der Waals surface area contributed by atoms with Crippen molar-refractivity contribution < 1.29 is 9.18 Å². The largest absolute Gasteiger partial charge is 0.249 e. The fourth-order valence-corrected chi connectivity index (χ4v) is 0.690. The van der Waals surface area contributed by atoms with Gasteiger partial charge in [-0.3, -0.25) is 0 Å². The normalized spacial score (nSPS) is 12.2. The molecule has 0 heterocycles. The van der Waals surface area contributed by atoms with Crippen LogP contribution in [0.25, 0.3) is 0 Å². The van der Waals surface area contributed by atoms with Gasteiger partial charge < -0.3 is 0 Å². The zero-order valence-electron chi connectivity index (χ0n) is 6.14. The Kier molecular flexibility index (Phi) is 5.99. The Labute approximate surface area is 60.2 Å². The van der Waals surface area contributed by atoms with Gasteiger partial charge in [0.15, 0.2) is 0 Å². The molecular formula is C7H12FNO. The Morgan fingerprint density at radius 1 is 1.70 bits per heavy atom. The van der Waals surface area contributed by atoms with E-state index in [2.05, 4.69) is 4.99 Å². The van der Waals surface area contributed by atoms with E-state index in [-0.39, 0.29) is 0 Å². The lowest BCUT2D eigenvalue weighted by Gasteiger charge is -2.02. The molecule has 0 N–H and O–H groups in total. The lowest BCUT2D eigenvalue weighted by Crippen LogP contribution is -2.05. The fraction of sp³-hybridized carbons (Fsp3) is 0.857. The number of unbranched alkanes of at least 4 members (excludes halogenated alkanes) is 1. The van der Waals surface area contributed by atoms with Gasteiger partial charge in [0.2, 0.25) is 6.08 Å². The highest BCUT2D eigenvalue weighted by Crippen LogP contribution is 2.03. The van der Waals surface area contributed by atoms with Crippen LogP contribution in [0.5, 0.6) is 0 Å². The Morgan fingerprint density at radius 3 is 2.80 bits per heavy atom.